The van der Waals surface area contributed by atoms with E-state index in [2.05, 4.69) is 4.98 Å². The molecule has 2 rings (SSSR count). The summed E-state index contributed by atoms with van der Waals surface area (Å²) in [5.74, 6) is 0.228. The Bertz CT molecular complexity index is 529. The van der Waals surface area contributed by atoms with Gasteiger partial charge in [0.15, 0.2) is 5.78 Å². The summed E-state index contributed by atoms with van der Waals surface area (Å²) < 4.78 is 0. The van der Waals surface area contributed by atoms with Crippen molar-refractivity contribution in [3.63, 3.8) is 0 Å². The van der Waals surface area contributed by atoms with Crippen molar-refractivity contribution in [2.45, 2.75) is 6.42 Å². The smallest absolute Gasteiger partial charge is 0.151 e. The van der Waals surface area contributed by atoms with Crippen molar-refractivity contribution in [2.24, 2.45) is 0 Å². The molecule has 0 N–H and O–H groups in total. The first-order valence-corrected chi connectivity index (χ1v) is 5.66. The first-order valence-electron chi connectivity index (χ1n) is 5.66. The maximum Gasteiger partial charge on any atom is 0.151 e. The van der Waals surface area contributed by atoms with E-state index in [1.54, 1.807) is 6.20 Å². The molecule has 3 heteroatoms. The van der Waals surface area contributed by atoms with E-state index in [4.69, 9.17) is 0 Å². The molecule has 0 saturated carbocycles. The van der Waals surface area contributed by atoms with Crippen LogP contribution < -0.4 is 0 Å². The summed E-state index contributed by atoms with van der Waals surface area (Å²) in [5.41, 5.74) is 2.00. The molecule has 0 aliphatic carbocycles. The zero-order valence-electron chi connectivity index (χ0n) is 10.2. The van der Waals surface area contributed by atoms with Gasteiger partial charge in [0.05, 0.1) is 12.1 Å². The Morgan fingerprint density at radius 1 is 1.24 bits per heavy atom. The zero-order chi connectivity index (χ0) is 12.3. The molecule has 0 spiro atoms. The number of fused-ring (bicyclic) bond motifs is 1. The molecule has 0 aliphatic heterocycles. The topological polar surface area (TPSA) is 33.2 Å². The predicted octanol–water partition coefficient (Wildman–Crippen LogP) is 1.91. The lowest BCUT2D eigenvalue weighted by molar-refractivity contribution is -0.119. The van der Waals surface area contributed by atoms with Gasteiger partial charge < -0.3 is 4.90 Å². The van der Waals surface area contributed by atoms with E-state index in [1.165, 1.54) is 0 Å². The molecule has 0 radical (unpaired) electrons. The molecule has 0 fully saturated rings. The van der Waals surface area contributed by atoms with Crippen molar-refractivity contribution in [1.29, 1.82) is 0 Å². The molecule has 0 bridgehead atoms. The van der Waals surface area contributed by atoms with Gasteiger partial charge in [0.1, 0.15) is 0 Å². The molecule has 1 aromatic carbocycles. The molecule has 0 unspecified atom stereocenters. The summed E-state index contributed by atoms with van der Waals surface area (Å²) in [5, 5.41) is 1.07. The first kappa shape index (κ1) is 11.7. The zero-order valence-corrected chi connectivity index (χ0v) is 10.2. The van der Waals surface area contributed by atoms with Crippen LogP contribution in [0.2, 0.25) is 0 Å². The fourth-order valence-corrected chi connectivity index (χ4v) is 1.93. The summed E-state index contributed by atoms with van der Waals surface area (Å²) >= 11 is 0. The number of Topliss-reactive ketones (excluding diaryl/α,β-unsaturated/α-hetero) is 1. The van der Waals surface area contributed by atoms with Crippen LogP contribution in [0.25, 0.3) is 10.9 Å². The van der Waals surface area contributed by atoms with E-state index >= 15 is 0 Å². The highest BCUT2D eigenvalue weighted by Gasteiger charge is 2.08. The molecule has 0 atom stereocenters. The number of hydrogen-bond acceptors (Lipinski definition) is 3. The summed E-state index contributed by atoms with van der Waals surface area (Å²) in [6.45, 7) is 0.483. The third-order valence-corrected chi connectivity index (χ3v) is 2.62. The highest BCUT2D eigenvalue weighted by molar-refractivity contribution is 5.89. The van der Waals surface area contributed by atoms with Crippen LogP contribution in [-0.2, 0) is 11.2 Å². The van der Waals surface area contributed by atoms with Crippen molar-refractivity contribution in [2.75, 3.05) is 20.6 Å². The number of nitrogens with zero attached hydrogens (tertiary/aromatic N) is 2. The number of aromatic nitrogens is 1. The fourth-order valence-electron chi connectivity index (χ4n) is 1.93. The number of pyridine rings is 1. The number of carbonyl (C=O) groups is 1. The van der Waals surface area contributed by atoms with E-state index in [1.807, 2.05) is 49.3 Å². The number of likely N-dealkylation sites (N-methyl/N-ethyl adjacent to an activating group) is 1. The van der Waals surface area contributed by atoms with Crippen LogP contribution in [0.4, 0.5) is 0 Å². The Kier molecular flexibility index (Phi) is 3.49. The van der Waals surface area contributed by atoms with Gasteiger partial charge in [0.25, 0.3) is 0 Å². The third kappa shape index (κ3) is 2.88. The van der Waals surface area contributed by atoms with E-state index < -0.39 is 0 Å². The van der Waals surface area contributed by atoms with Gasteiger partial charge in [0, 0.05) is 18.0 Å². The van der Waals surface area contributed by atoms with Gasteiger partial charge in [-0.2, -0.15) is 0 Å². The number of ketones is 1. The molecule has 17 heavy (non-hydrogen) atoms. The van der Waals surface area contributed by atoms with Crippen molar-refractivity contribution >= 4 is 16.7 Å². The quantitative estimate of drug-likeness (QED) is 0.801. The summed E-state index contributed by atoms with van der Waals surface area (Å²) in [7, 11) is 3.81. The molecule has 1 heterocycles. The number of para-hydroxylation sites is 1. The van der Waals surface area contributed by atoms with E-state index in [0.717, 1.165) is 16.5 Å². The number of benzene rings is 1. The number of rotatable bonds is 4. The lowest BCUT2D eigenvalue weighted by Crippen LogP contribution is -2.23. The fraction of sp³-hybridized carbons (Fsp3) is 0.286. The van der Waals surface area contributed by atoms with Gasteiger partial charge in [-0.05, 0) is 31.8 Å². The van der Waals surface area contributed by atoms with E-state index in [0.29, 0.717) is 13.0 Å². The van der Waals surface area contributed by atoms with E-state index in [9.17, 15) is 4.79 Å². The molecule has 88 valence electrons. The van der Waals surface area contributed by atoms with Gasteiger partial charge in [0.2, 0.25) is 0 Å². The van der Waals surface area contributed by atoms with Gasteiger partial charge in [-0.15, -0.1) is 0 Å². The van der Waals surface area contributed by atoms with Gasteiger partial charge in [-0.3, -0.25) is 9.78 Å². The van der Waals surface area contributed by atoms with Gasteiger partial charge >= 0.3 is 0 Å². The normalized spacial score (nSPS) is 11.0. The number of hydrogen-bond donors (Lipinski definition) is 0. The first-order chi connectivity index (χ1) is 8.16. The monoisotopic (exact) mass is 228 g/mol. The van der Waals surface area contributed by atoms with E-state index in [-0.39, 0.29) is 5.78 Å². The molecule has 0 aliphatic rings. The molecular weight excluding hydrogens is 212 g/mol. The van der Waals surface area contributed by atoms with Gasteiger partial charge in [-0.25, -0.2) is 0 Å². The second kappa shape index (κ2) is 5.06. The average Bonchev–Trinajstić information content (AvgIpc) is 2.28. The van der Waals surface area contributed by atoms with Gasteiger partial charge in [-0.1, -0.05) is 18.2 Å². The summed E-state index contributed by atoms with van der Waals surface area (Å²) in [4.78, 5) is 18.0. The minimum absolute atomic E-state index is 0.228. The molecular formula is C14H16N2O. The lowest BCUT2D eigenvalue weighted by Gasteiger charge is -2.09. The van der Waals surface area contributed by atoms with Crippen molar-refractivity contribution in [1.82, 2.24) is 9.88 Å². The molecule has 0 saturated heterocycles. The predicted molar refractivity (Wildman–Crippen MR) is 69.0 cm³/mol. The average molecular weight is 228 g/mol. The Balaban J connectivity index is 2.27. The van der Waals surface area contributed by atoms with Crippen LogP contribution in [0, 0.1) is 0 Å². The lowest BCUT2D eigenvalue weighted by atomic mass is 10.0. The summed E-state index contributed by atoms with van der Waals surface area (Å²) in [6, 6.07) is 9.84. The van der Waals surface area contributed by atoms with Crippen LogP contribution in [-0.4, -0.2) is 36.3 Å². The summed E-state index contributed by atoms with van der Waals surface area (Å²) in [6.07, 6.45) is 2.24. The Labute approximate surface area is 101 Å². The maximum absolute atomic E-state index is 11.8. The Hall–Kier alpha value is -1.74. The molecule has 2 aromatic rings. The molecule has 3 nitrogen and oxygen atoms in total. The molecule has 1 aromatic heterocycles. The van der Waals surface area contributed by atoms with Crippen LogP contribution in [0.5, 0.6) is 0 Å². The standard InChI is InChI=1S/C14H16N2O/c1-16(2)10-12(17)9-11-7-8-15-14-6-4-3-5-13(11)14/h3-8H,9-10H2,1-2H3. The second-order valence-electron chi connectivity index (χ2n) is 4.44. The van der Waals surface area contributed by atoms with Crippen molar-refractivity contribution in [3.8, 4) is 0 Å². The SMILES string of the molecule is CN(C)CC(=O)Cc1ccnc2ccccc12. The molecule has 0 amide bonds. The maximum atomic E-state index is 11.8. The minimum atomic E-state index is 0.228. The van der Waals surface area contributed by atoms with Crippen molar-refractivity contribution < 1.29 is 4.79 Å². The van der Waals surface area contributed by atoms with Crippen LogP contribution in [0.15, 0.2) is 36.5 Å². The highest BCUT2D eigenvalue weighted by Crippen LogP contribution is 2.16. The van der Waals surface area contributed by atoms with Crippen LogP contribution in [0.3, 0.4) is 0 Å². The Morgan fingerprint density at radius 3 is 2.76 bits per heavy atom. The van der Waals surface area contributed by atoms with Crippen LogP contribution >= 0.6 is 0 Å². The third-order valence-electron chi connectivity index (χ3n) is 2.62. The minimum Gasteiger partial charge on any atom is -0.302 e. The second-order valence-corrected chi connectivity index (χ2v) is 4.44. The van der Waals surface area contributed by atoms with Crippen molar-refractivity contribution in [3.05, 3.63) is 42.1 Å². The Morgan fingerprint density at radius 2 is 2.00 bits per heavy atom. The highest BCUT2D eigenvalue weighted by atomic mass is 16.1. The largest absolute Gasteiger partial charge is 0.302 e. The van der Waals surface area contributed by atoms with Crippen LogP contribution in [0.1, 0.15) is 5.56 Å². The number of carbonyl (C=O) groups excluding carboxylic acids is 1.